The van der Waals surface area contributed by atoms with E-state index in [4.69, 9.17) is 28.1 Å². The first kappa shape index (κ1) is 20.9. The fraction of sp³-hybridized carbons (Fsp3) is 0.182. The van der Waals surface area contributed by atoms with E-state index in [9.17, 15) is 4.79 Å². The van der Waals surface area contributed by atoms with Gasteiger partial charge in [0.05, 0.1) is 16.8 Å². The largest absolute Gasteiger partial charge is 0.490 e. The standard InChI is InChI=1S/C22H19BrN2O3S/c1-4-11-28-20-17(23)12-15(14-19(20)27-5-2)13-18-21(26)25(22(29)24(18)3)16-9-7-6-8-10-16/h1,6-10,12-14H,5,11H2,2-3H3/b18-13-. The second kappa shape index (κ2) is 9.12. The molecule has 1 fully saturated rings. The van der Waals surface area contributed by atoms with Crippen molar-refractivity contribution < 1.29 is 14.3 Å². The number of amides is 1. The third-order valence-electron chi connectivity index (χ3n) is 4.21. The minimum atomic E-state index is -0.189. The van der Waals surface area contributed by atoms with Crippen molar-refractivity contribution >= 4 is 50.9 Å². The van der Waals surface area contributed by atoms with Crippen LogP contribution in [0.2, 0.25) is 0 Å². The zero-order valence-corrected chi connectivity index (χ0v) is 18.4. The lowest BCUT2D eigenvalue weighted by atomic mass is 10.1. The van der Waals surface area contributed by atoms with Gasteiger partial charge in [-0.2, -0.15) is 0 Å². The lowest BCUT2D eigenvalue weighted by molar-refractivity contribution is -0.114. The van der Waals surface area contributed by atoms with Crippen molar-refractivity contribution in [2.75, 3.05) is 25.2 Å². The van der Waals surface area contributed by atoms with E-state index in [1.165, 1.54) is 4.90 Å². The summed E-state index contributed by atoms with van der Waals surface area (Å²) in [5.41, 5.74) is 1.96. The maximum atomic E-state index is 13.1. The van der Waals surface area contributed by atoms with Crippen LogP contribution < -0.4 is 14.4 Å². The number of carbonyl (C=O) groups excluding carboxylic acids is 1. The van der Waals surface area contributed by atoms with Crippen molar-refractivity contribution in [3.05, 3.63) is 58.2 Å². The molecule has 0 saturated carbocycles. The lowest BCUT2D eigenvalue weighted by Gasteiger charge is -2.16. The molecule has 7 heteroatoms. The summed E-state index contributed by atoms with van der Waals surface area (Å²) in [6, 6.07) is 13.0. The molecular weight excluding hydrogens is 452 g/mol. The van der Waals surface area contributed by atoms with E-state index in [-0.39, 0.29) is 12.5 Å². The van der Waals surface area contributed by atoms with Crippen LogP contribution in [0.4, 0.5) is 5.69 Å². The Balaban J connectivity index is 2.00. The number of hydrogen-bond acceptors (Lipinski definition) is 4. The number of carbonyl (C=O) groups is 1. The normalized spacial score (nSPS) is 15.0. The van der Waals surface area contributed by atoms with Crippen LogP contribution >= 0.6 is 28.1 Å². The number of para-hydroxylation sites is 1. The number of terminal acetylenes is 1. The molecule has 0 aliphatic carbocycles. The van der Waals surface area contributed by atoms with Gasteiger partial charge in [-0.25, -0.2) is 0 Å². The van der Waals surface area contributed by atoms with Gasteiger partial charge in [0.2, 0.25) is 0 Å². The zero-order valence-electron chi connectivity index (χ0n) is 16.0. The van der Waals surface area contributed by atoms with E-state index in [1.54, 1.807) is 18.0 Å². The molecule has 29 heavy (non-hydrogen) atoms. The number of hydrogen-bond donors (Lipinski definition) is 0. The first-order valence-electron chi connectivity index (χ1n) is 8.89. The van der Waals surface area contributed by atoms with Gasteiger partial charge in [0.25, 0.3) is 5.91 Å². The maximum absolute atomic E-state index is 13.1. The van der Waals surface area contributed by atoms with E-state index in [1.807, 2.05) is 49.4 Å². The van der Waals surface area contributed by atoms with Gasteiger partial charge in [0.15, 0.2) is 16.6 Å². The van der Waals surface area contributed by atoms with Crippen LogP contribution in [0, 0.1) is 12.3 Å². The minimum Gasteiger partial charge on any atom is -0.490 e. The molecule has 0 unspecified atom stereocenters. The van der Waals surface area contributed by atoms with Gasteiger partial charge in [-0.1, -0.05) is 24.1 Å². The summed E-state index contributed by atoms with van der Waals surface area (Å²) in [6.07, 6.45) is 7.07. The molecule has 3 rings (SSSR count). The van der Waals surface area contributed by atoms with E-state index in [2.05, 4.69) is 21.9 Å². The maximum Gasteiger partial charge on any atom is 0.281 e. The number of likely N-dealkylation sites (N-methyl/N-ethyl adjacent to an activating group) is 1. The Morgan fingerprint density at radius 3 is 2.62 bits per heavy atom. The number of benzene rings is 2. The smallest absolute Gasteiger partial charge is 0.281 e. The number of nitrogens with zero attached hydrogens (tertiary/aromatic N) is 2. The second-order valence-corrected chi connectivity index (χ2v) is 7.32. The van der Waals surface area contributed by atoms with Crippen molar-refractivity contribution in [3.8, 4) is 23.8 Å². The Hall–Kier alpha value is -2.82. The van der Waals surface area contributed by atoms with Crippen molar-refractivity contribution in [1.82, 2.24) is 4.90 Å². The van der Waals surface area contributed by atoms with Crippen molar-refractivity contribution in [2.24, 2.45) is 0 Å². The van der Waals surface area contributed by atoms with Crippen LogP contribution in [0.1, 0.15) is 12.5 Å². The topological polar surface area (TPSA) is 42.0 Å². The Kier molecular flexibility index (Phi) is 6.57. The van der Waals surface area contributed by atoms with E-state index >= 15 is 0 Å². The van der Waals surface area contributed by atoms with Gasteiger partial charge in [0.1, 0.15) is 12.3 Å². The molecule has 1 aliphatic heterocycles. The molecule has 1 aliphatic rings. The molecule has 0 spiro atoms. The molecule has 0 aromatic heterocycles. The second-order valence-electron chi connectivity index (χ2n) is 6.10. The molecule has 5 nitrogen and oxygen atoms in total. The number of rotatable bonds is 6. The zero-order chi connectivity index (χ0) is 21.0. The highest BCUT2D eigenvalue weighted by Crippen LogP contribution is 2.38. The fourth-order valence-electron chi connectivity index (χ4n) is 2.91. The summed E-state index contributed by atoms with van der Waals surface area (Å²) in [4.78, 5) is 16.3. The molecule has 0 atom stereocenters. The summed E-state index contributed by atoms with van der Waals surface area (Å²) < 4.78 is 12.0. The van der Waals surface area contributed by atoms with Gasteiger partial charge in [-0.15, -0.1) is 6.42 Å². The van der Waals surface area contributed by atoms with Crippen LogP contribution in [0.25, 0.3) is 6.08 Å². The third kappa shape index (κ3) is 4.29. The first-order chi connectivity index (χ1) is 14.0. The Labute approximate surface area is 184 Å². The third-order valence-corrected chi connectivity index (χ3v) is 5.26. The molecule has 0 N–H and O–H groups in total. The summed E-state index contributed by atoms with van der Waals surface area (Å²) in [5, 5.41) is 0.422. The predicted octanol–water partition coefficient (Wildman–Crippen LogP) is 4.46. The average molecular weight is 471 g/mol. The summed E-state index contributed by atoms with van der Waals surface area (Å²) in [5.74, 6) is 3.32. The number of thiocarbonyl (C=S) groups is 1. The SMILES string of the molecule is C#CCOc1c(Br)cc(/C=C2/C(=O)N(c3ccccc3)C(=S)N2C)cc1OCC. The van der Waals surface area contributed by atoms with Crippen LogP contribution in [0.3, 0.4) is 0 Å². The highest BCUT2D eigenvalue weighted by molar-refractivity contribution is 9.10. The highest BCUT2D eigenvalue weighted by atomic mass is 79.9. The quantitative estimate of drug-likeness (QED) is 0.354. The molecule has 148 valence electrons. The Morgan fingerprint density at radius 1 is 1.24 bits per heavy atom. The van der Waals surface area contributed by atoms with Crippen molar-refractivity contribution in [2.45, 2.75) is 6.92 Å². The molecule has 1 saturated heterocycles. The molecule has 0 radical (unpaired) electrons. The molecule has 2 aromatic rings. The Morgan fingerprint density at radius 2 is 1.97 bits per heavy atom. The van der Waals surface area contributed by atoms with Gasteiger partial charge < -0.3 is 14.4 Å². The van der Waals surface area contributed by atoms with Crippen LogP contribution in [-0.2, 0) is 4.79 Å². The summed E-state index contributed by atoms with van der Waals surface area (Å²) in [7, 11) is 1.78. The molecule has 1 amide bonds. The fourth-order valence-corrected chi connectivity index (χ4v) is 3.77. The van der Waals surface area contributed by atoms with E-state index < -0.39 is 0 Å². The molecule has 1 heterocycles. The van der Waals surface area contributed by atoms with E-state index in [0.717, 1.165) is 11.3 Å². The Bertz CT molecular complexity index is 1010. The van der Waals surface area contributed by atoms with Gasteiger partial charge in [-0.3, -0.25) is 9.69 Å². The van der Waals surface area contributed by atoms with E-state index in [0.29, 0.717) is 33.4 Å². The van der Waals surface area contributed by atoms with Crippen molar-refractivity contribution in [3.63, 3.8) is 0 Å². The first-order valence-corrected chi connectivity index (χ1v) is 10.1. The van der Waals surface area contributed by atoms with Gasteiger partial charge >= 0.3 is 0 Å². The monoisotopic (exact) mass is 470 g/mol. The number of anilines is 1. The molecular formula is C22H19BrN2O3S. The number of ether oxygens (including phenoxy) is 2. The molecule has 2 aromatic carbocycles. The van der Waals surface area contributed by atoms with Crippen LogP contribution in [-0.4, -0.2) is 36.2 Å². The van der Waals surface area contributed by atoms with Gasteiger partial charge in [0, 0.05) is 7.05 Å². The lowest BCUT2D eigenvalue weighted by Crippen LogP contribution is -2.30. The summed E-state index contributed by atoms with van der Waals surface area (Å²) in [6.45, 7) is 2.47. The highest BCUT2D eigenvalue weighted by Gasteiger charge is 2.36. The van der Waals surface area contributed by atoms with Crippen molar-refractivity contribution in [1.29, 1.82) is 0 Å². The predicted molar refractivity (Wildman–Crippen MR) is 122 cm³/mol. The van der Waals surface area contributed by atoms with Crippen LogP contribution in [0.15, 0.2) is 52.6 Å². The minimum absolute atomic E-state index is 0.126. The number of halogens is 1. The van der Waals surface area contributed by atoms with Crippen LogP contribution in [0.5, 0.6) is 11.5 Å². The molecule has 0 bridgehead atoms. The summed E-state index contributed by atoms with van der Waals surface area (Å²) >= 11 is 9.00. The van der Waals surface area contributed by atoms with Gasteiger partial charge in [-0.05, 0) is 71.0 Å². The average Bonchev–Trinajstić information content (AvgIpc) is 2.91.